The van der Waals surface area contributed by atoms with Gasteiger partial charge < -0.3 is 5.11 Å². The summed E-state index contributed by atoms with van der Waals surface area (Å²) < 4.78 is 0. The highest BCUT2D eigenvalue weighted by atomic mass is 16.3. The van der Waals surface area contributed by atoms with Gasteiger partial charge in [0.1, 0.15) is 0 Å². The average Bonchev–Trinajstić information content (AvgIpc) is 2.86. The zero-order valence-corrected chi connectivity index (χ0v) is 11.4. The van der Waals surface area contributed by atoms with Crippen molar-refractivity contribution in [3.63, 3.8) is 0 Å². The first-order valence-corrected chi connectivity index (χ1v) is 6.87. The van der Waals surface area contributed by atoms with Gasteiger partial charge in [0.25, 0.3) is 0 Å². The summed E-state index contributed by atoms with van der Waals surface area (Å²) in [4.78, 5) is 2.86. The first kappa shape index (κ1) is 13.4. The molecule has 0 saturated carbocycles. The molecule has 0 saturated heterocycles. The Morgan fingerprint density at radius 1 is 0.952 bits per heavy atom. The number of aliphatic hydroxyl groups excluding tert-OH is 1. The van der Waals surface area contributed by atoms with Crippen molar-refractivity contribution in [1.29, 1.82) is 0 Å². The highest BCUT2D eigenvalue weighted by Crippen LogP contribution is 2.41. The topological polar surface area (TPSA) is 69.0 Å². The van der Waals surface area contributed by atoms with E-state index in [4.69, 9.17) is 5.53 Å². The highest BCUT2D eigenvalue weighted by Gasteiger charge is 2.33. The van der Waals surface area contributed by atoms with E-state index in [9.17, 15) is 5.11 Å². The molecule has 4 nitrogen and oxygen atoms in total. The molecule has 0 aromatic heterocycles. The Labute approximate surface area is 123 Å². The Morgan fingerprint density at radius 2 is 1.52 bits per heavy atom. The van der Waals surface area contributed by atoms with Gasteiger partial charge in [-0.05, 0) is 34.2 Å². The van der Waals surface area contributed by atoms with E-state index in [0.717, 1.165) is 22.3 Å². The summed E-state index contributed by atoms with van der Waals surface area (Å²) in [5, 5.41) is 14.3. The predicted octanol–water partition coefficient (Wildman–Crippen LogP) is 4.04. The van der Waals surface area contributed by atoms with E-state index in [-0.39, 0.29) is 0 Å². The minimum absolute atomic E-state index is 0.444. The second-order valence-electron chi connectivity index (χ2n) is 5.05. The standard InChI is InChI=1S/C17H15N3O/c18-20-19-15-11-14(12-7-3-1-4-8-12)16(17(15)21)13-9-5-2-6-10-13/h1-10,15,17,21H,11H2/t15-,17-/m1/s1. The lowest BCUT2D eigenvalue weighted by molar-refractivity contribution is 0.210. The number of rotatable bonds is 3. The van der Waals surface area contributed by atoms with Crippen molar-refractivity contribution in [2.75, 3.05) is 0 Å². The van der Waals surface area contributed by atoms with Crippen LogP contribution in [-0.2, 0) is 0 Å². The van der Waals surface area contributed by atoms with Gasteiger partial charge in [0, 0.05) is 4.91 Å². The number of azide groups is 1. The first-order chi connectivity index (χ1) is 10.3. The molecule has 3 rings (SSSR count). The van der Waals surface area contributed by atoms with Gasteiger partial charge in [0.15, 0.2) is 0 Å². The van der Waals surface area contributed by atoms with Crippen molar-refractivity contribution >= 4 is 11.1 Å². The second-order valence-corrected chi connectivity index (χ2v) is 5.05. The van der Waals surface area contributed by atoms with Gasteiger partial charge in [-0.2, -0.15) is 0 Å². The van der Waals surface area contributed by atoms with Crippen LogP contribution in [0.5, 0.6) is 0 Å². The minimum Gasteiger partial charge on any atom is -0.388 e. The van der Waals surface area contributed by atoms with Crippen LogP contribution in [0.3, 0.4) is 0 Å². The Hall–Kier alpha value is -2.55. The molecule has 0 unspecified atom stereocenters. The zero-order valence-electron chi connectivity index (χ0n) is 11.4. The Morgan fingerprint density at radius 3 is 2.10 bits per heavy atom. The third-order valence-electron chi connectivity index (χ3n) is 3.81. The van der Waals surface area contributed by atoms with Crippen LogP contribution in [-0.4, -0.2) is 17.3 Å². The molecule has 1 N–H and O–H groups in total. The highest BCUT2D eigenvalue weighted by molar-refractivity contribution is 5.95. The van der Waals surface area contributed by atoms with Gasteiger partial charge in [-0.15, -0.1) is 0 Å². The molecule has 21 heavy (non-hydrogen) atoms. The fourth-order valence-corrected chi connectivity index (χ4v) is 2.85. The Bertz CT molecular complexity index is 703. The van der Waals surface area contributed by atoms with Crippen LogP contribution in [0.4, 0.5) is 0 Å². The Kier molecular flexibility index (Phi) is 3.73. The maximum atomic E-state index is 10.5. The fraction of sp³-hybridized carbons (Fsp3) is 0.176. The van der Waals surface area contributed by atoms with Gasteiger partial charge in [0.05, 0.1) is 12.1 Å². The van der Waals surface area contributed by atoms with Crippen LogP contribution in [0, 0.1) is 0 Å². The van der Waals surface area contributed by atoms with Gasteiger partial charge in [-0.3, -0.25) is 0 Å². The van der Waals surface area contributed by atoms with E-state index in [0.29, 0.717) is 6.42 Å². The maximum absolute atomic E-state index is 10.5. The molecule has 0 fully saturated rings. The summed E-state index contributed by atoms with van der Waals surface area (Å²) in [7, 11) is 0. The van der Waals surface area contributed by atoms with Crippen LogP contribution in [0.2, 0.25) is 0 Å². The number of aliphatic hydroxyl groups is 1. The summed E-state index contributed by atoms with van der Waals surface area (Å²) in [6.45, 7) is 0. The average molecular weight is 277 g/mol. The van der Waals surface area contributed by atoms with Gasteiger partial charge in [0.2, 0.25) is 0 Å². The van der Waals surface area contributed by atoms with Gasteiger partial charge in [-0.25, -0.2) is 0 Å². The van der Waals surface area contributed by atoms with Crippen LogP contribution in [0.25, 0.3) is 21.6 Å². The molecule has 104 valence electrons. The monoisotopic (exact) mass is 277 g/mol. The first-order valence-electron chi connectivity index (χ1n) is 6.87. The summed E-state index contributed by atoms with van der Waals surface area (Å²) in [5.41, 5.74) is 12.6. The summed E-state index contributed by atoms with van der Waals surface area (Å²) >= 11 is 0. The predicted molar refractivity (Wildman–Crippen MR) is 83.3 cm³/mol. The van der Waals surface area contributed by atoms with Crippen molar-refractivity contribution in [3.05, 3.63) is 82.2 Å². The van der Waals surface area contributed by atoms with E-state index in [1.54, 1.807) is 0 Å². The molecular weight excluding hydrogens is 262 g/mol. The molecule has 1 aliphatic carbocycles. The number of hydrogen-bond donors (Lipinski definition) is 1. The second kappa shape index (κ2) is 5.83. The largest absolute Gasteiger partial charge is 0.388 e. The van der Waals surface area contributed by atoms with E-state index < -0.39 is 12.1 Å². The molecule has 4 heteroatoms. The Balaban J connectivity index is 2.13. The molecular formula is C17H15N3O. The third kappa shape index (κ3) is 2.55. The normalized spacial score (nSPS) is 21.2. The van der Waals surface area contributed by atoms with Crippen molar-refractivity contribution in [2.24, 2.45) is 5.11 Å². The summed E-state index contributed by atoms with van der Waals surface area (Å²) in [6, 6.07) is 19.3. The van der Waals surface area contributed by atoms with Gasteiger partial charge in [-0.1, -0.05) is 65.8 Å². The fourth-order valence-electron chi connectivity index (χ4n) is 2.85. The van der Waals surface area contributed by atoms with Crippen LogP contribution in [0.15, 0.2) is 65.8 Å². The van der Waals surface area contributed by atoms with Crippen LogP contribution >= 0.6 is 0 Å². The van der Waals surface area contributed by atoms with E-state index in [1.807, 2.05) is 60.7 Å². The molecule has 0 spiro atoms. The molecule has 2 aromatic carbocycles. The summed E-state index contributed by atoms with van der Waals surface area (Å²) in [6.07, 6.45) is -0.210. The SMILES string of the molecule is [N-]=[N+]=N[C@@H]1CC(c2ccccc2)=C(c2ccccc2)[C@@H]1O. The molecule has 0 aliphatic heterocycles. The smallest absolute Gasteiger partial charge is 0.0886 e. The molecule has 0 bridgehead atoms. The number of hydrogen-bond acceptors (Lipinski definition) is 2. The third-order valence-corrected chi connectivity index (χ3v) is 3.81. The molecule has 0 heterocycles. The molecule has 0 amide bonds. The lowest BCUT2D eigenvalue weighted by Crippen LogP contribution is -2.19. The molecule has 1 aliphatic rings. The summed E-state index contributed by atoms with van der Waals surface area (Å²) in [5.74, 6) is 0. The lowest BCUT2D eigenvalue weighted by Gasteiger charge is -2.13. The maximum Gasteiger partial charge on any atom is 0.0886 e. The van der Waals surface area contributed by atoms with Gasteiger partial charge >= 0.3 is 0 Å². The molecule has 2 aromatic rings. The van der Waals surface area contributed by atoms with E-state index in [1.165, 1.54) is 0 Å². The van der Waals surface area contributed by atoms with Crippen LogP contribution in [0.1, 0.15) is 17.5 Å². The molecule has 0 radical (unpaired) electrons. The van der Waals surface area contributed by atoms with E-state index in [2.05, 4.69) is 10.0 Å². The van der Waals surface area contributed by atoms with E-state index >= 15 is 0 Å². The van der Waals surface area contributed by atoms with Crippen molar-refractivity contribution < 1.29 is 5.11 Å². The van der Waals surface area contributed by atoms with Crippen LogP contribution < -0.4 is 0 Å². The molecule has 2 atom stereocenters. The van der Waals surface area contributed by atoms with Crippen molar-refractivity contribution in [1.82, 2.24) is 0 Å². The zero-order chi connectivity index (χ0) is 14.7. The van der Waals surface area contributed by atoms with Crippen molar-refractivity contribution in [2.45, 2.75) is 18.6 Å². The number of nitrogens with zero attached hydrogens (tertiary/aromatic N) is 3. The lowest BCUT2D eigenvalue weighted by atomic mass is 9.96. The number of benzene rings is 2. The minimum atomic E-state index is -0.765. The quantitative estimate of drug-likeness (QED) is 0.513. The van der Waals surface area contributed by atoms with Crippen molar-refractivity contribution in [3.8, 4) is 0 Å².